The van der Waals surface area contributed by atoms with Crippen LogP contribution in [0.5, 0.6) is 6.01 Å². The van der Waals surface area contributed by atoms with Gasteiger partial charge in [0.25, 0.3) is 6.43 Å². The second-order valence-corrected chi connectivity index (χ2v) is 2.09. The van der Waals surface area contributed by atoms with Crippen molar-refractivity contribution in [2.75, 3.05) is 12.3 Å². The summed E-state index contributed by atoms with van der Waals surface area (Å²) in [6, 6.07) is -0.362. The Balaban J connectivity index is 2.63. The third-order valence-electron chi connectivity index (χ3n) is 1.09. The molecule has 0 saturated heterocycles. The van der Waals surface area contributed by atoms with Crippen LogP contribution in [0.3, 0.4) is 0 Å². The molecule has 4 nitrogen and oxygen atoms in total. The van der Waals surface area contributed by atoms with E-state index in [0.717, 1.165) is 6.20 Å². The number of nitrogen functional groups attached to an aromatic ring is 1. The molecule has 1 aromatic rings. The lowest BCUT2D eigenvalue weighted by Crippen LogP contribution is -2.10. The molecule has 0 saturated carbocycles. The van der Waals surface area contributed by atoms with E-state index in [0.29, 0.717) is 0 Å². The fourth-order valence-electron chi connectivity index (χ4n) is 0.570. The summed E-state index contributed by atoms with van der Waals surface area (Å²) < 4.78 is 40.1. The van der Waals surface area contributed by atoms with Crippen LogP contribution < -0.4 is 10.5 Å². The van der Waals surface area contributed by atoms with Gasteiger partial charge in [0.2, 0.25) is 0 Å². The second-order valence-electron chi connectivity index (χ2n) is 2.09. The molecular weight excluding hydrogens is 187 g/mol. The zero-order chi connectivity index (χ0) is 9.84. The van der Waals surface area contributed by atoms with Crippen LogP contribution in [-0.2, 0) is 0 Å². The lowest BCUT2D eigenvalue weighted by atomic mass is 10.6. The van der Waals surface area contributed by atoms with Crippen molar-refractivity contribution in [1.82, 2.24) is 9.97 Å². The van der Waals surface area contributed by atoms with Crippen LogP contribution in [0, 0.1) is 5.82 Å². The van der Waals surface area contributed by atoms with Crippen molar-refractivity contribution in [3.8, 4) is 6.01 Å². The summed E-state index contributed by atoms with van der Waals surface area (Å²) in [7, 11) is 0. The molecule has 0 aliphatic carbocycles. The summed E-state index contributed by atoms with van der Waals surface area (Å²) in [5.41, 5.74) is 5.03. The maximum Gasteiger partial charge on any atom is 0.318 e. The molecule has 7 heteroatoms. The van der Waals surface area contributed by atoms with Gasteiger partial charge in [0.15, 0.2) is 18.2 Å². The number of rotatable bonds is 3. The highest BCUT2D eigenvalue weighted by Crippen LogP contribution is 2.09. The van der Waals surface area contributed by atoms with Gasteiger partial charge < -0.3 is 10.5 Å². The first-order chi connectivity index (χ1) is 6.09. The number of anilines is 1. The van der Waals surface area contributed by atoms with Gasteiger partial charge in [-0.15, -0.1) is 0 Å². The number of aromatic nitrogens is 2. The monoisotopic (exact) mass is 193 g/mol. The van der Waals surface area contributed by atoms with Gasteiger partial charge in [0.1, 0.15) is 0 Å². The van der Waals surface area contributed by atoms with Crippen molar-refractivity contribution in [1.29, 1.82) is 0 Å². The van der Waals surface area contributed by atoms with E-state index in [1.165, 1.54) is 0 Å². The molecule has 13 heavy (non-hydrogen) atoms. The highest BCUT2D eigenvalue weighted by molar-refractivity contribution is 5.28. The van der Waals surface area contributed by atoms with Gasteiger partial charge in [-0.25, -0.2) is 18.2 Å². The Hall–Kier alpha value is -1.53. The Kier molecular flexibility index (Phi) is 2.88. The van der Waals surface area contributed by atoms with Gasteiger partial charge in [-0.1, -0.05) is 0 Å². The smallest absolute Gasteiger partial charge is 0.318 e. The predicted molar refractivity (Wildman–Crippen MR) is 37.9 cm³/mol. The van der Waals surface area contributed by atoms with Gasteiger partial charge in [0.05, 0.1) is 6.20 Å². The van der Waals surface area contributed by atoms with Crippen molar-refractivity contribution in [3.63, 3.8) is 0 Å². The van der Waals surface area contributed by atoms with Gasteiger partial charge >= 0.3 is 6.01 Å². The number of ether oxygens (including phenoxy) is 1. The molecule has 1 rings (SSSR count). The van der Waals surface area contributed by atoms with Crippen LogP contribution in [-0.4, -0.2) is 23.0 Å². The molecule has 0 aromatic carbocycles. The Bertz CT molecular complexity index is 294. The summed E-state index contributed by atoms with van der Waals surface area (Å²) in [4.78, 5) is 6.57. The Labute approximate surface area is 71.6 Å². The maximum atomic E-state index is 12.4. The molecule has 2 N–H and O–H groups in total. The average molecular weight is 193 g/mol. The molecule has 0 spiro atoms. The Morgan fingerprint density at radius 2 is 2.23 bits per heavy atom. The van der Waals surface area contributed by atoms with Crippen LogP contribution >= 0.6 is 0 Å². The number of hydrogen-bond donors (Lipinski definition) is 1. The van der Waals surface area contributed by atoms with E-state index in [1.807, 2.05) is 0 Å². The average Bonchev–Trinajstić information content (AvgIpc) is 2.07. The summed E-state index contributed by atoms with van der Waals surface area (Å²) >= 11 is 0. The molecule has 0 radical (unpaired) electrons. The minimum Gasteiger partial charge on any atom is -0.457 e. The fraction of sp³-hybridized carbons (Fsp3) is 0.333. The van der Waals surface area contributed by atoms with E-state index >= 15 is 0 Å². The molecule has 0 aliphatic rings. The van der Waals surface area contributed by atoms with E-state index in [2.05, 4.69) is 14.7 Å². The molecule has 1 aromatic heterocycles. The van der Waals surface area contributed by atoms with Gasteiger partial charge in [-0.3, -0.25) is 0 Å². The number of nitrogens with zero attached hydrogens (tertiary/aromatic N) is 2. The first-order valence-corrected chi connectivity index (χ1v) is 3.28. The minimum absolute atomic E-state index is 0.362. The van der Waals surface area contributed by atoms with Crippen LogP contribution in [0.2, 0.25) is 0 Å². The number of hydrogen-bond acceptors (Lipinski definition) is 4. The Morgan fingerprint density at radius 3 is 2.77 bits per heavy atom. The quantitative estimate of drug-likeness (QED) is 0.772. The lowest BCUT2D eigenvalue weighted by Gasteiger charge is -2.03. The van der Waals surface area contributed by atoms with Crippen LogP contribution in [0.15, 0.2) is 6.20 Å². The number of nitrogens with two attached hydrogens (primary N) is 1. The van der Waals surface area contributed by atoms with Gasteiger partial charge in [0, 0.05) is 0 Å². The molecular formula is C6H6F3N3O. The highest BCUT2D eigenvalue weighted by Gasteiger charge is 2.07. The summed E-state index contributed by atoms with van der Waals surface area (Å²) in [5.74, 6) is -1.25. The zero-order valence-electron chi connectivity index (χ0n) is 6.38. The molecule has 0 atom stereocenters. The number of halogens is 3. The van der Waals surface area contributed by atoms with E-state index in [1.54, 1.807) is 0 Å². The lowest BCUT2D eigenvalue weighted by molar-refractivity contribution is 0.0770. The summed E-state index contributed by atoms with van der Waals surface area (Å²) in [6.45, 7) is -0.842. The van der Waals surface area contributed by atoms with Crippen LogP contribution in [0.4, 0.5) is 19.0 Å². The van der Waals surface area contributed by atoms with Crippen molar-refractivity contribution in [3.05, 3.63) is 12.0 Å². The Morgan fingerprint density at radius 1 is 1.54 bits per heavy atom. The highest BCUT2D eigenvalue weighted by atomic mass is 19.3. The van der Waals surface area contributed by atoms with Crippen molar-refractivity contribution < 1.29 is 17.9 Å². The molecule has 0 bridgehead atoms. The standard InChI is InChI=1S/C6H6F3N3O/c7-3-1-11-6(12-5(3)10)13-2-4(8)9/h1,4H,2H2,(H2,10,11,12). The third-order valence-corrected chi connectivity index (χ3v) is 1.09. The van der Waals surface area contributed by atoms with Crippen molar-refractivity contribution in [2.24, 2.45) is 0 Å². The normalized spacial score (nSPS) is 10.5. The molecule has 0 aliphatic heterocycles. The van der Waals surface area contributed by atoms with Crippen molar-refractivity contribution >= 4 is 5.82 Å². The largest absolute Gasteiger partial charge is 0.457 e. The fourth-order valence-corrected chi connectivity index (χ4v) is 0.570. The third kappa shape index (κ3) is 2.77. The zero-order valence-corrected chi connectivity index (χ0v) is 6.38. The van der Waals surface area contributed by atoms with Gasteiger partial charge in [-0.05, 0) is 0 Å². The summed E-state index contributed by atoms with van der Waals surface area (Å²) in [5, 5.41) is 0. The van der Waals surface area contributed by atoms with E-state index < -0.39 is 24.7 Å². The number of alkyl halides is 2. The SMILES string of the molecule is Nc1nc(OCC(F)F)ncc1F. The van der Waals surface area contributed by atoms with E-state index in [-0.39, 0.29) is 6.01 Å². The first-order valence-electron chi connectivity index (χ1n) is 3.28. The van der Waals surface area contributed by atoms with E-state index in [4.69, 9.17) is 5.73 Å². The minimum atomic E-state index is -2.63. The topological polar surface area (TPSA) is 61.0 Å². The molecule has 0 unspecified atom stereocenters. The van der Waals surface area contributed by atoms with Crippen LogP contribution in [0.25, 0.3) is 0 Å². The van der Waals surface area contributed by atoms with E-state index in [9.17, 15) is 13.2 Å². The molecule has 0 amide bonds. The van der Waals surface area contributed by atoms with Gasteiger partial charge in [-0.2, -0.15) is 4.98 Å². The second kappa shape index (κ2) is 3.92. The molecule has 0 fully saturated rings. The molecule has 72 valence electrons. The predicted octanol–water partition coefficient (Wildman–Crippen LogP) is 0.842. The first kappa shape index (κ1) is 9.56. The molecule has 1 heterocycles. The summed E-state index contributed by atoms with van der Waals surface area (Å²) in [6.07, 6.45) is -1.88. The van der Waals surface area contributed by atoms with Crippen LogP contribution in [0.1, 0.15) is 0 Å². The maximum absolute atomic E-state index is 12.4. The van der Waals surface area contributed by atoms with Crippen molar-refractivity contribution in [2.45, 2.75) is 6.43 Å².